The Hall–Kier alpha value is -2.76. The molecule has 1 aliphatic carbocycles. The summed E-state index contributed by atoms with van der Waals surface area (Å²) in [6, 6.07) is 5.59. The second-order valence-corrected chi connectivity index (χ2v) is 7.07. The second-order valence-electron chi connectivity index (χ2n) is 7.07. The van der Waals surface area contributed by atoms with E-state index in [4.69, 9.17) is 14.2 Å². The molecule has 3 rings (SSSR count). The van der Waals surface area contributed by atoms with Gasteiger partial charge in [0.05, 0.1) is 20.3 Å². The number of aromatic amines is 1. The van der Waals surface area contributed by atoms with Gasteiger partial charge in [-0.25, -0.2) is 4.79 Å². The number of esters is 1. The van der Waals surface area contributed by atoms with E-state index in [1.807, 2.05) is 18.2 Å². The molecule has 0 aliphatic heterocycles. The third kappa shape index (κ3) is 3.56. The molecule has 1 aromatic heterocycles. The highest BCUT2D eigenvalue weighted by Crippen LogP contribution is 2.40. The molecule has 6 heteroatoms. The minimum absolute atomic E-state index is 0.0171. The SMILES string of the molecule is COc1ccc(OC)c([C@@H]2CC(=O)c3c([nH]c(C(=O)OC(C)C)c3C)C2)c1. The lowest BCUT2D eigenvalue weighted by atomic mass is 9.81. The summed E-state index contributed by atoms with van der Waals surface area (Å²) in [4.78, 5) is 28.3. The maximum absolute atomic E-state index is 12.9. The number of Topliss-reactive ketones (excluding diaryl/α,β-unsaturated/α-hetero) is 1. The normalized spacial score (nSPS) is 16.2. The van der Waals surface area contributed by atoms with Crippen molar-refractivity contribution in [1.29, 1.82) is 0 Å². The molecule has 27 heavy (non-hydrogen) atoms. The van der Waals surface area contributed by atoms with Crippen LogP contribution in [0.3, 0.4) is 0 Å². The fraction of sp³-hybridized carbons (Fsp3) is 0.429. The minimum Gasteiger partial charge on any atom is -0.497 e. The van der Waals surface area contributed by atoms with E-state index in [0.717, 1.165) is 17.0 Å². The van der Waals surface area contributed by atoms with Crippen LogP contribution in [0.4, 0.5) is 0 Å². The molecule has 0 spiro atoms. The van der Waals surface area contributed by atoms with Gasteiger partial charge in [0.25, 0.3) is 0 Å². The van der Waals surface area contributed by atoms with E-state index in [1.165, 1.54) is 0 Å². The molecule has 0 amide bonds. The van der Waals surface area contributed by atoms with Crippen LogP contribution in [0.1, 0.15) is 63.9 Å². The van der Waals surface area contributed by atoms with Crippen molar-refractivity contribution >= 4 is 11.8 Å². The van der Waals surface area contributed by atoms with Gasteiger partial charge in [0, 0.05) is 29.2 Å². The van der Waals surface area contributed by atoms with Crippen LogP contribution in [0.15, 0.2) is 18.2 Å². The number of ketones is 1. The van der Waals surface area contributed by atoms with Gasteiger partial charge >= 0.3 is 5.97 Å². The first-order valence-corrected chi connectivity index (χ1v) is 9.03. The second kappa shape index (κ2) is 7.47. The Bertz CT molecular complexity index is 881. The Morgan fingerprint density at radius 1 is 1.19 bits per heavy atom. The molecule has 2 aromatic rings. The number of carbonyl (C=O) groups excluding carboxylic acids is 2. The average Bonchev–Trinajstić information content (AvgIpc) is 2.97. The fourth-order valence-corrected chi connectivity index (χ4v) is 3.69. The van der Waals surface area contributed by atoms with Crippen molar-refractivity contribution in [2.45, 2.75) is 45.6 Å². The van der Waals surface area contributed by atoms with Gasteiger partial charge in [0.2, 0.25) is 0 Å². The number of rotatable bonds is 5. The fourth-order valence-electron chi connectivity index (χ4n) is 3.69. The summed E-state index contributed by atoms with van der Waals surface area (Å²) in [6.45, 7) is 5.38. The Balaban J connectivity index is 1.98. The molecule has 1 heterocycles. The van der Waals surface area contributed by atoms with Crippen LogP contribution in [0.5, 0.6) is 11.5 Å². The molecule has 1 atom stereocenters. The number of fused-ring (bicyclic) bond motifs is 1. The number of hydrogen-bond acceptors (Lipinski definition) is 5. The number of carbonyl (C=O) groups is 2. The highest BCUT2D eigenvalue weighted by atomic mass is 16.5. The topological polar surface area (TPSA) is 77.6 Å². The molecule has 0 radical (unpaired) electrons. The summed E-state index contributed by atoms with van der Waals surface area (Å²) in [5.41, 5.74) is 3.34. The molecule has 0 bridgehead atoms. The number of nitrogens with one attached hydrogen (secondary N) is 1. The zero-order chi connectivity index (χ0) is 19.7. The maximum atomic E-state index is 12.9. The first-order chi connectivity index (χ1) is 12.8. The van der Waals surface area contributed by atoms with Crippen LogP contribution < -0.4 is 9.47 Å². The van der Waals surface area contributed by atoms with Crippen molar-refractivity contribution in [1.82, 2.24) is 4.98 Å². The quantitative estimate of drug-likeness (QED) is 0.809. The van der Waals surface area contributed by atoms with Gasteiger partial charge in [-0.15, -0.1) is 0 Å². The largest absolute Gasteiger partial charge is 0.497 e. The van der Waals surface area contributed by atoms with Gasteiger partial charge in [0.1, 0.15) is 17.2 Å². The molecule has 0 unspecified atom stereocenters. The van der Waals surface area contributed by atoms with Crippen LogP contribution in [-0.4, -0.2) is 37.1 Å². The summed E-state index contributed by atoms with van der Waals surface area (Å²) >= 11 is 0. The summed E-state index contributed by atoms with van der Waals surface area (Å²) in [6.07, 6.45) is 0.746. The monoisotopic (exact) mass is 371 g/mol. The zero-order valence-electron chi connectivity index (χ0n) is 16.3. The minimum atomic E-state index is -0.430. The van der Waals surface area contributed by atoms with E-state index in [2.05, 4.69) is 4.98 Å². The standard InChI is InChI=1S/C21H25NO5/c1-11(2)27-21(24)20-12(3)19-16(22-20)8-13(9-17(19)23)15-10-14(25-4)6-7-18(15)26-5/h6-7,10-11,13,22H,8-9H2,1-5H3/t13-/m0/s1. The van der Waals surface area contributed by atoms with Crippen LogP contribution in [0.25, 0.3) is 0 Å². The van der Waals surface area contributed by atoms with Crippen LogP contribution in [-0.2, 0) is 11.2 Å². The third-order valence-electron chi connectivity index (χ3n) is 4.91. The van der Waals surface area contributed by atoms with Crippen molar-refractivity contribution in [3.63, 3.8) is 0 Å². The molecular formula is C21H25NO5. The van der Waals surface area contributed by atoms with Gasteiger partial charge in [-0.1, -0.05) is 0 Å². The van der Waals surface area contributed by atoms with Crippen LogP contribution in [0.2, 0.25) is 0 Å². The molecule has 1 N–H and O–H groups in total. The highest BCUT2D eigenvalue weighted by Gasteiger charge is 2.33. The third-order valence-corrected chi connectivity index (χ3v) is 4.91. The maximum Gasteiger partial charge on any atom is 0.355 e. The van der Waals surface area contributed by atoms with Crippen molar-refractivity contribution in [3.8, 4) is 11.5 Å². The van der Waals surface area contributed by atoms with Crippen LogP contribution in [0, 0.1) is 6.92 Å². The predicted molar refractivity (Wildman–Crippen MR) is 101 cm³/mol. The van der Waals surface area contributed by atoms with E-state index in [9.17, 15) is 9.59 Å². The number of benzene rings is 1. The van der Waals surface area contributed by atoms with E-state index in [0.29, 0.717) is 35.4 Å². The summed E-state index contributed by atoms with van der Waals surface area (Å²) < 4.78 is 16.1. The predicted octanol–water partition coefficient (Wildman–Crippen LogP) is 3.82. The van der Waals surface area contributed by atoms with Crippen molar-refractivity contribution < 1.29 is 23.8 Å². The van der Waals surface area contributed by atoms with Gasteiger partial charge < -0.3 is 19.2 Å². The van der Waals surface area contributed by atoms with Crippen molar-refractivity contribution in [2.75, 3.05) is 14.2 Å². The molecular weight excluding hydrogens is 346 g/mol. The first-order valence-electron chi connectivity index (χ1n) is 9.03. The Labute approximate surface area is 158 Å². The highest BCUT2D eigenvalue weighted by molar-refractivity contribution is 6.03. The van der Waals surface area contributed by atoms with E-state index >= 15 is 0 Å². The summed E-state index contributed by atoms with van der Waals surface area (Å²) in [7, 11) is 3.22. The number of ether oxygens (including phenoxy) is 3. The number of H-pyrrole nitrogens is 1. The first kappa shape index (κ1) is 19.0. The summed E-state index contributed by atoms with van der Waals surface area (Å²) in [5, 5.41) is 0. The van der Waals surface area contributed by atoms with Crippen molar-refractivity contribution in [3.05, 3.63) is 46.3 Å². The molecule has 1 aromatic carbocycles. The van der Waals surface area contributed by atoms with Gasteiger partial charge in [-0.3, -0.25) is 4.79 Å². The molecule has 144 valence electrons. The van der Waals surface area contributed by atoms with Crippen LogP contribution >= 0.6 is 0 Å². The Morgan fingerprint density at radius 3 is 2.56 bits per heavy atom. The van der Waals surface area contributed by atoms with Crippen molar-refractivity contribution in [2.24, 2.45) is 0 Å². The van der Waals surface area contributed by atoms with E-state index in [1.54, 1.807) is 35.0 Å². The van der Waals surface area contributed by atoms with E-state index < -0.39 is 5.97 Å². The lowest BCUT2D eigenvalue weighted by Gasteiger charge is -2.24. The van der Waals surface area contributed by atoms with Gasteiger partial charge in [-0.2, -0.15) is 0 Å². The van der Waals surface area contributed by atoms with E-state index in [-0.39, 0.29) is 17.8 Å². The number of aromatic nitrogens is 1. The van der Waals surface area contributed by atoms with Gasteiger partial charge in [0.15, 0.2) is 5.78 Å². The molecule has 0 fully saturated rings. The Kier molecular flexibility index (Phi) is 5.26. The average molecular weight is 371 g/mol. The van der Waals surface area contributed by atoms with Gasteiger partial charge in [-0.05, 0) is 51.0 Å². The molecule has 6 nitrogen and oxygen atoms in total. The summed E-state index contributed by atoms with van der Waals surface area (Å²) in [5.74, 6) is 0.971. The molecule has 1 aliphatic rings. The number of hydrogen-bond donors (Lipinski definition) is 1. The lowest BCUT2D eigenvalue weighted by Crippen LogP contribution is -2.19. The molecule has 0 saturated carbocycles. The zero-order valence-corrected chi connectivity index (χ0v) is 16.3. The molecule has 0 saturated heterocycles. The lowest BCUT2D eigenvalue weighted by molar-refractivity contribution is 0.0370. The smallest absolute Gasteiger partial charge is 0.355 e. The Morgan fingerprint density at radius 2 is 1.93 bits per heavy atom. The number of methoxy groups -OCH3 is 2.